The van der Waals surface area contributed by atoms with Gasteiger partial charge in [0.1, 0.15) is 22.8 Å². The minimum atomic E-state index is -1.06. The molecule has 0 spiro atoms. The monoisotopic (exact) mass is 313 g/mol. The quantitative estimate of drug-likeness (QED) is 0.768. The third-order valence-electron chi connectivity index (χ3n) is 3.49. The molecule has 0 unspecified atom stereocenters. The summed E-state index contributed by atoms with van der Waals surface area (Å²) < 4.78 is 10.5. The van der Waals surface area contributed by atoms with Gasteiger partial charge in [0.25, 0.3) is 0 Å². The van der Waals surface area contributed by atoms with E-state index in [4.69, 9.17) is 9.47 Å². The molecule has 0 radical (unpaired) electrons. The van der Waals surface area contributed by atoms with Gasteiger partial charge in [-0.15, -0.1) is 0 Å². The molecule has 3 rings (SSSR count). The van der Waals surface area contributed by atoms with Crippen molar-refractivity contribution in [1.29, 1.82) is 0 Å². The number of imidazole rings is 1. The van der Waals surface area contributed by atoms with E-state index >= 15 is 0 Å². The van der Waals surface area contributed by atoms with Gasteiger partial charge in [-0.2, -0.15) is 0 Å². The number of carboxylic acid groups (broad SMARTS) is 1. The van der Waals surface area contributed by atoms with Gasteiger partial charge in [-0.25, -0.2) is 14.8 Å². The molecule has 2 N–H and O–H groups in total. The Morgan fingerprint density at radius 3 is 2.61 bits per heavy atom. The number of nitrogens with zero attached hydrogens (tertiary/aromatic N) is 2. The van der Waals surface area contributed by atoms with Crippen molar-refractivity contribution < 1.29 is 19.4 Å². The molecule has 0 atom stereocenters. The SMILES string of the molecule is COc1ccc(-c2cc(C(=O)O)c3nc(C)[nH]c3n2)c(OC)c1. The number of aromatic carboxylic acids is 1. The maximum Gasteiger partial charge on any atom is 0.338 e. The zero-order valence-corrected chi connectivity index (χ0v) is 12.9. The average Bonchev–Trinajstić information content (AvgIpc) is 2.92. The zero-order valence-electron chi connectivity index (χ0n) is 12.9. The number of nitrogens with one attached hydrogen (secondary N) is 1. The summed E-state index contributed by atoms with van der Waals surface area (Å²) in [6.07, 6.45) is 0. The van der Waals surface area contributed by atoms with Crippen molar-refractivity contribution in [3.63, 3.8) is 0 Å². The first kappa shape index (κ1) is 14.8. The van der Waals surface area contributed by atoms with Gasteiger partial charge in [0, 0.05) is 11.6 Å². The Labute approximate surface area is 131 Å². The predicted molar refractivity (Wildman–Crippen MR) is 84.1 cm³/mol. The van der Waals surface area contributed by atoms with E-state index in [1.807, 2.05) is 0 Å². The third kappa shape index (κ3) is 2.57. The average molecular weight is 313 g/mol. The van der Waals surface area contributed by atoms with Gasteiger partial charge >= 0.3 is 5.97 Å². The smallest absolute Gasteiger partial charge is 0.338 e. The number of hydrogen-bond acceptors (Lipinski definition) is 5. The molecule has 3 aromatic rings. The van der Waals surface area contributed by atoms with Crippen LogP contribution >= 0.6 is 0 Å². The van der Waals surface area contributed by atoms with Gasteiger partial charge in [0.2, 0.25) is 0 Å². The second-order valence-electron chi connectivity index (χ2n) is 4.95. The molecule has 0 fully saturated rings. The fourth-order valence-corrected chi connectivity index (χ4v) is 2.42. The normalized spacial score (nSPS) is 10.7. The Morgan fingerprint density at radius 2 is 1.96 bits per heavy atom. The lowest BCUT2D eigenvalue weighted by Gasteiger charge is -2.10. The topological polar surface area (TPSA) is 97.3 Å². The van der Waals surface area contributed by atoms with Crippen molar-refractivity contribution in [1.82, 2.24) is 15.0 Å². The van der Waals surface area contributed by atoms with E-state index in [0.717, 1.165) is 0 Å². The molecule has 2 aromatic heterocycles. The lowest BCUT2D eigenvalue weighted by atomic mass is 10.1. The zero-order chi connectivity index (χ0) is 16.6. The second-order valence-corrected chi connectivity index (χ2v) is 4.95. The number of carbonyl (C=O) groups is 1. The standard InChI is InChI=1S/C16H15N3O4/c1-8-17-14-11(16(20)21)7-12(19-15(14)18-8)10-5-4-9(22-2)6-13(10)23-3/h4-7H,1-3H3,(H,20,21)(H,17,18,19). The molecule has 0 saturated carbocycles. The number of aromatic amines is 1. The molecule has 0 bridgehead atoms. The Balaban J connectivity index is 2.26. The van der Waals surface area contributed by atoms with E-state index in [0.29, 0.717) is 39.7 Å². The summed E-state index contributed by atoms with van der Waals surface area (Å²) in [5.41, 5.74) is 2.01. The second kappa shape index (κ2) is 5.60. The summed E-state index contributed by atoms with van der Waals surface area (Å²) in [5, 5.41) is 9.44. The van der Waals surface area contributed by atoms with Gasteiger partial charge in [0.05, 0.1) is 25.5 Å². The van der Waals surface area contributed by atoms with Crippen molar-refractivity contribution >= 4 is 17.1 Å². The lowest BCUT2D eigenvalue weighted by molar-refractivity contribution is 0.0699. The Morgan fingerprint density at radius 1 is 1.17 bits per heavy atom. The van der Waals surface area contributed by atoms with Crippen LogP contribution in [0.3, 0.4) is 0 Å². The van der Waals surface area contributed by atoms with Crippen LogP contribution in [0.5, 0.6) is 11.5 Å². The summed E-state index contributed by atoms with van der Waals surface area (Å²) in [6, 6.07) is 6.76. The van der Waals surface area contributed by atoms with Crippen molar-refractivity contribution in [3.8, 4) is 22.8 Å². The largest absolute Gasteiger partial charge is 0.497 e. The van der Waals surface area contributed by atoms with Gasteiger partial charge in [-0.3, -0.25) is 0 Å². The maximum atomic E-state index is 11.5. The number of fused-ring (bicyclic) bond motifs is 1. The van der Waals surface area contributed by atoms with E-state index in [2.05, 4.69) is 15.0 Å². The van der Waals surface area contributed by atoms with E-state index in [-0.39, 0.29) is 5.56 Å². The summed E-state index contributed by atoms with van der Waals surface area (Å²) in [5.74, 6) is 0.734. The van der Waals surface area contributed by atoms with Crippen molar-refractivity contribution in [2.24, 2.45) is 0 Å². The summed E-state index contributed by atoms with van der Waals surface area (Å²) in [4.78, 5) is 23.2. The van der Waals surface area contributed by atoms with Crippen LogP contribution in [0, 0.1) is 6.92 Å². The maximum absolute atomic E-state index is 11.5. The summed E-state index contributed by atoms with van der Waals surface area (Å²) >= 11 is 0. The molecule has 1 aromatic carbocycles. The highest BCUT2D eigenvalue weighted by Crippen LogP contribution is 2.33. The molecule has 7 nitrogen and oxygen atoms in total. The lowest BCUT2D eigenvalue weighted by Crippen LogP contribution is -2.01. The minimum absolute atomic E-state index is 0.0900. The number of methoxy groups -OCH3 is 2. The predicted octanol–water partition coefficient (Wildman–Crippen LogP) is 2.65. The van der Waals surface area contributed by atoms with Crippen LogP contribution in [0.1, 0.15) is 16.2 Å². The highest BCUT2D eigenvalue weighted by molar-refractivity contribution is 6.01. The van der Waals surface area contributed by atoms with Crippen LogP contribution in [0.4, 0.5) is 0 Å². The third-order valence-corrected chi connectivity index (χ3v) is 3.49. The van der Waals surface area contributed by atoms with Gasteiger partial charge in [0.15, 0.2) is 5.65 Å². The number of hydrogen-bond donors (Lipinski definition) is 2. The molecular weight excluding hydrogens is 298 g/mol. The van der Waals surface area contributed by atoms with Crippen LogP contribution in [0.2, 0.25) is 0 Å². The van der Waals surface area contributed by atoms with Gasteiger partial charge in [-0.05, 0) is 25.1 Å². The van der Waals surface area contributed by atoms with E-state index in [1.165, 1.54) is 13.2 Å². The number of carboxylic acids is 1. The number of pyridine rings is 1. The van der Waals surface area contributed by atoms with Crippen molar-refractivity contribution in [3.05, 3.63) is 35.7 Å². The molecule has 0 aliphatic rings. The number of rotatable bonds is 4. The fraction of sp³-hybridized carbons (Fsp3) is 0.188. The first-order valence-corrected chi connectivity index (χ1v) is 6.86. The Bertz CT molecular complexity index is 902. The minimum Gasteiger partial charge on any atom is -0.497 e. The number of H-pyrrole nitrogens is 1. The van der Waals surface area contributed by atoms with Crippen LogP contribution in [0.25, 0.3) is 22.4 Å². The molecule has 0 saturated heterocycles. The first-order chi connectivity index (χ1) is 11.0. The van der Waals surface area contributed by atoms with Crippen LogP contribution in [-0.2, 0) is 0 Å². The molecule has 0 amide bonds. The number of aromatic nitrogens is 3. The molecule has 23 heavy (non-hydrogen) atoms. The van der Waals surface area contributed by atoms with E-state index in [9.17, 15) is 9.90 Å². The van der Waals surface area contributed by atoms with Crippen molar-refractivity contribution in [2.45, 2.75) is 6.92 Å². The number of aryl methyl sites for hydroxylation is 1. The highest BCUT2D eigenvalue weighted by atomic mass is 16.5. The molecule has 2 heterocycles. The van der Waals surface area contributed by atoms with Gasteiger partial charge in [-0.1, -0.05) is 0 Å². The molecular formula is C16H15N3O4. The number of ether oxygens (including phenoxy) is 2. The highest BCUT2D eigenvalue weighted by Gasteiger charge is 2.18. The summed E-state index contributed by atoms with van der Waals surface area (Å²) in [7, 11) is 3.10. The van der Waals surface area contributed by atoms with Gasteiger partial charge < -0.3 is 19.6 Å². The number of benzene rings is 1. The Hall–Kier alpha value is -3.09. The van der Waals surface area contributed by atoms with Crippen LogP contribution < -0.4 is 9.47 Å². The van der Waals surface area contributed by atoms with Crippen molar-refractivity contribution in [2.75, 3.05) is 14.2 Å². The first-order valence-electron chi connectivity index (χ1n) is 6.86. The van der Waals surface area contributed by atoms with E-state index < -0.39 is 5.97 Å². The van der Waals surface area contributed by atoms with E-state index in [1.54, 1.807) is 32.2 Å². The fourth-order valence-electron chi connectivity index (χ4n) is 2.42. The summed E-state index contributed by atoms with van der Waals surface area (Å²) in [6.45, 7) is 1.75. The molecule has 0 aliphatic heterocycles. The molecule has 0 aliphatic carbocycles. The molecule has 118 valence electrons. The van der Waals surface area contributed by atoms with Crippen LogP contribution in [-0.4, -0.2) is 40.2 Å². The molecule has 7 heteroatoms. The van der Waals surface area contributed by atoms with Crippen LogP contribution in [0.15, 0.2) is 24.3 Å². The Kier molecular flexibility index (Phi) is 3.61.